The summed E-state index contributed by atoms with van der Waals surface area (Å²) in [5.74, 6) is 1.67. The van der Waals surface area contributed by atoms with Crippen molar-refractivity contribution < 1.29 is 4.74 Å². The average Bonchev–Trinajstić information content (AvgIpc) is 2.27. The summed E-state index contributed by atoms with van der Waals surface area (Å²) in [6.45, 7) is 6.53. The predicted octanol–water partition coefficient (Wildman–Crippen LogP) is 2.44. The third-order valence-corrected chi connectivity index (χ3v) is 3.66. The molecule has 0 bridgehead atoms. The summed E-state index contributed by atoms with van der Waals surface area (Å²) >= 11 is 0. The summed E-state index contributed by atoms with van der Waals surface area (Å²) in [6.07, 6.45) is 5.06. The van der Waals surface area contributed by atoms with E-state index in [0.29, 0.717) is 6.04 Å². The molecule has 2 nitrogen and oxygen atoms in total. The van der Waals surface area contributed by atoms with Crippen LogP contribution in [0.25, 0.3) is 0 Å². The first kappa shape index (κ1) is 12.0. The van der Waals surface area contributed by atoms with E-state index in [-0.39, 0.29) is 0 Å². The summed E-state index contributed by atoms with van der Waals surface area (Å²) in [5.41, 5.74) is 0. The van der Waals surface area contributed by atoms with Gasteiger partial charge in [0.05, 0.1) is 0 Å². The molecule has 0 aliphatic carbocycles. The van der Waals surface area contributed by atoms with Crippen LogP contribution in [0.5, 0.6) is 0 Å². The molecule has 1 saturated heterocycles. The summed E-state index contributed by atoms with van der Waals surface area (Å²) in [7, 11) is 2.11. The summed E-state index contributed by atoms with van der Waals surface area (Å²) in [6, 6.07) is 0.703. The number of hydrogen-bond acceptors (Lipinski definition) is 2. The zero-order valence-electron chi connectivity index (χ0n) is 9.88. The van der Waals surface area contributed by atoms with E-state index in [9.17, 15) is 0 Å². The Bertz CT molecular complexity index is 139. The molecule has 0 spiro atoms. The maximum absolute atomic E-state index is 5.41. The molecule has 0 aromatic rings. The molecular formula is C12H25NO. The van der Waals surface area contributed by atoms with Crippen LogP contribution < -0.4 is 5.32 Å². The lowest BCUT2D eigenvalue weighted by atomic mass is 9.81. The van der Waals surface area contributed by atoms with Crippen LogP contribution in [0.3, 0.4) is 0 Å². The van der Waals surface area contributed by atoms with Crippen molar-refractivity contribution in [1.82, 2.24) is 5.32 Å². The van der Waals surface area contributed by atoms with E-state index >= 15 is 0 Å². The third kappa shape index (κ3) is 2.96. The van der Waals surface area contributed by atoms with Gasteiger partial charge in [0.25, 0.3) is 0 Å². The lowest BCUT2D eigenvalue weighted by Crippen LogP contribution is -2.42. The smallest absolute Gasteiger partial charge is 0.0469 e. The van der Waals surface area contributed by atoms with Crippen LogP contribution in [0.15, 0.2) is 0 Å². The first-order valence-corrected chi connectivity index (χ1v) is 6.08. The van der Waals surface area contributed by atoms with Crippen LogP contribution in [-0.4, -0.2) is 26.3 Å². The normalized spacial score (nSPS) is 21.4. The lowest BCUT2D eigenvalue weighted by Gasteiger charge is -2.35. The minimum atomic E-state index is 0.703. The zero-order valence-corrected chi connectivity index (χ0v) is 9.88. The summed E-state index contributed by atoms with van der Waals surface area (Å²) < 4.78 is 5.41. The molecule has 1 fully saturated rings. The molecule has 1 unspecified atom stereocenters. The molecular weight excluding hydrogens is 174 g/mol. The molecule has 0 aromatic carbocycles. The molecule has 1 aliphatic heterocycles. The second kappa shape index (κ2) is 6.41. The fourth-order valence-corrected chi connectivity index (χ4v) is 2.73. The molecule has 14 heavy (non-hydrogen) atoms. The average molecular weight is 199 g/mol. The van der Waals surface area contributed by atoms with Crippen LogP contribution in [0.2, 0.25) is 0 Å². The number of nitrogens with one attached hydrogen (secondary N) is 1. The highest BCUT2D eigenvalue weighted by Gasteiger charge is 2.27. The second-order valence-corrected chi connectivity index (χ2v) is 4.34. The minimum absolute atomic E-state index is 0.703. The van der Waals surface area contributed by atoms with Gasteiger partial charge in [-0.2, -0.15) is 0 Å². The Labute approximate surface area is 88.4 Å². The van der Waals surface area contributed by atoms with Crippen LogP contribution in [0.1, 0.15) is 39.5 Å². The lowest BCUT2D eigenvalue weighted by molar-refractivity contribution is 0.0449. The van der Waals surface area contributed by atoms with Gasteiger partial charge in [0.1, 0.15) is 0 Å². The van der Waals surface area contributed by atoms with Gasteiger partial charge < -0.3 is 10.1 Å². The molecule has 0 amide bonds. The van der Waals surface area contributed by atoms with Crippen LogP contribution in [0.4, 0.5) is 0 Å². The molecule has 1 heterocycles. The van der Waals surface area contributed by atoms with E-state index in [2.05, 4.69) is 26.2 Å². The van der Waals surface area contributed by atoms with E-state index in [1.807, 2.05) is 0 Å². The first-order chi connectivity index (χ1) is 6.83. The van der Waals surface area contributed by atoms with Crippen molar-refractivity contribution in [3.8, 4) is 0 Å². The van der Waals surface area contributed by atoms with E-state index in [1.54, 1.807) is 0 Å². The predicted molar refractivity (Wildman–Crippen MR) is 60.5 cm³/mol. The minimum Gasteiger partial charge on any atom is -0.381 e. The van der Waals surface area contributed by atoms with Gasteiger partial charge in [-0.15, -0.1) is 0 Å². The molecule has 0 saturated carbocycles. The molecule has 2 heteroatoms. The van der Waals surface area contributed by atoms with Crippen LogP contribution >= 0.6 is 0 Å². The topological polar surface area (TPSA) is 21.3 Å². The molecule has 1 rings (SSSR count). The second-order valence-electron chi connectivity index (χ2n) is 4.34. The van der Waals surface area contributed by atoms with Gasteiger partial charge in [0.2, 0.25) is 0 Å². The van der Waals surface area contributed by atoms with E-state index in [4.69, 9.17) is 4.74 Å². The number of ether oxygens (including phenoxy) is 1. The maximum atomic E-state index is 5.41. The van der Waals surface area contributed by atoms with Crippen molar-refractivity contribution in [2.24, 2.45) is 11.8 Å². The largest absolute Gasteiger partial charge is 0.381 e. The molecule has 84 valence electrons. The first-order valence-electron chi connectivity index (χ1n) is 6.08. The molecule has 1 N–H and O–H groups in total. The fourth-order valence-electron chi connectivity index (χ4n) is 2.73. The van der Waals surface area contributed by atoms with E-state index < -0.39 is 0 Å². The quantitative estimate of drug-likeness (QED) is 0.734. The highest BCUT2D eigenvalue weighted by molar-refractivity contribution is 4.82. The van der Waals surface area contributed by atoms with Crippen molar-refractivity contribution in [3.05, 3.63) is 0 Å². The fraction of sp³-hybridized carbons (Fsp3) is 1.00. The van der Waals surface area contributed by atoms with Gasteiger partial charge in [0, 0.05) is 19.3 Å². The Balaban J connectivity index is 2.49. The van der Waals surface area contributed by atoms with E-state index in [0.717, 1.165) is 25.0 Å². The van der Waals surface area contributed by atoms with Crippen molar-refractivity contribution in [2.45, 2.75) is 45.6 Å². The van der Waals surface area contributed by atoms with Crippen LogP contribution in [-0.2, 0) is 4.74 Å². The van der Waals surface area contributed by atoms with Gasteiger partial charge in [-0.1, -0.05) is 26.7 Å². The van der Waals surface area contributed by atoms with Crippen molar-refractivity contribution in [3.63, 3.8) is 0 Å². The highest BCUT2D eigenvalue weighted by Crippen LogP contribution is 2.26. The molecule has 0 aromatic heterocycles. The zero-order chi connectivity index (χ0) is 10.4. The standard InChI is InChI=1S/C12H25NO/c1-4-10(5-2)12(13-3)11-6-8-14-9-7-11/h10-13H,4-9H2,1-3H3. The Morgan fingerprint density at radius 1 is 1.21 bits per heavy atom. The van der Waals surface area contributed by atoms with Gasteiger partial charge >= 0.3 is 0 Å². The molecule has 0 radical (unpaired) electrons. The monoisotopic (exact) mass is 199 g/mol. The van der Waals surface area contributed by atoms with Gasteiger partial charge in [-0.3, -0.25) is 0 Å². The van der Waals surface area contributed by atoms with Gasteiger partial charge in [-0.05, 0) is 31.7 Å². The van der Waals surface area contributed by atoms with Gasteiger partial charge in [0.15, 0.2) is 0 Å². The van der Waals surface area contributed by atoms with Crippen molar-refractivity contribution in [2.75, 3.05) is 20.3 Å². The Morgan fingerprint density at radius 3 is 2.21 bits per heavy atom. The maximum Gasteiger partial charge on any atom is 0.0469 e. The Kier molecular flexibility index (Phi) is 5.49. The van der Waals surface area contributed by atoms with E-state index in [1.165, 1.54) is 25.7 Å². The Morgan fingerprint density at radius 2 is 1.79 bits per heavy atom. The van der Waals surface area contributed by atoms with Crippen molar-refractivity contribution in [1.29, 1.82) is 0 Å². The van der Waals surface area contributed by atoms with Crippen LogP contribution in [0, 0.1) is 11.8 Å². The summed E-state index contributed by atoms with van der Waals surface area (Å²) in [4.78, 5) is 0. The third-order valence-electron chi connectivity index (χ3n) is 3.66. The summed E-state index contributed by atoms with van der Waals surface area (Å²) in [5, 5.41) is 3.52. The van der Waals surface area contributed by atoms with Crippen molar-refractivity contribution >= 4 is 0 Å². The molecule has 1 aliphatic rings. The highest BCUT2D eigenvalue weighted by atomic mass is 16.5. The Hall–Kier alpha value is -0.0800. The number of hydrogen-bond donors (Lipinski definition) is 1. The SMILES string of the molecule is CCC(CC)C(NC)C1CCOCC1. The molecule has 1 atom stereocenters. The number of rotatable bonds is 5. The van der Waals surface area contributed by atoms with Gasteiger partial charge in [-0.25, -0.2) is 0 Å².